The van der Waals surface area contributed by atoms with Crippen LogP contribution < -0.4 is 5.32 Å². The third-order valence-electron chi connectivity index (χ3n) is 3.22. The second-order valence-corrected chi connectivity index (χ2v) is 6.73. The molecule has 1 N–H and O–H groups in total. The summed E-state index contributed by atoms with van der Waals surface area (Å²) in [7, 11) is 0. The monoisotopic (exact) mass is 283 g/mol. The van der Waals surface area contributed by atoms with Gasteiger partial charge in [-0.15, -0.1) is 0 Å². The number of hydrogen-bond donors (Lipinski definition) is 1. The molecule has 1 fully saturated rings. The van der Waals surface area contributed by atoms with Crippen molar-refractivity contribution in [2.24, 2.45) is 5.92 Å². The number of hydrogen-bond acceptors (Lipinski definition) is 4. The van der Waals surface area contributed by atoms with Crippen molar-refractivity contribution in [1.82, 2.24) is 5.32 Å². The maximum absolute atomic E-state index is 5.79. The quantitative estimate of drug-likeness (QED) is 0.831. The van der Waals surface area contributed by atoms with E-state index in [1.54, 1.807) is 6.26 Å². The van der Waals surface area contributed by atoms with E-state index in [4.69, 9.17) is 9.15 Å². The average molecular weight is 283 g/mol. The Bertz CT molecular complexity index is 334. The Morgan fingerprint density at radius 3 is 3.00 bits per heavy atom. The lowest BCUT2D eigenvalue weighted by Gasteiger charge is -2.27. The Morgan fingerprint density at radius 2 is 2.37 bits per heavy atom. The van der Waals surface area contributed by atoms with Crippen molar-refractivity contribution in [3.05, 3.63) is 24.2 Å². The summed E-state index contributed by atoms with van der Waals surface area (Å²) >= 11 is 2.04. The largest absolute Gasteiger partial charge is 0.468 e. The molecular weight excluding hydrogens is 258 g/mol. The first-order valence-corrected chi connectivity index (χ1v) is 8.36. The van der Waals surface area contributed by atoms with Crippen LogP contribution >= 0.6 is 11.8 Å². The molecule has 1 aliphatic rings. The van der Waals surface area contributed by atoms with Crippen molar-refractivity contribution in [3.63, 3.8) is 0 Å². The normalized spacial score (nSPS) is 21.7. The van der Waals surface area contributed by atoms with Gasteiger partial charge in [0, 0.05) is 18.4 Å². The van der Waals surface area contributed by atoms with Gasteiger partial charge in [0.25, 0.3) is 0 Å². The summed E-state index contributed by atoms with van der Waals surface area (Å²) < 4.78 is 11.3. The van der Waals surface area contributed by atoms with Gasteiger partial charge in [-0.25, -0.2) is 0 Å². The zero-order chi connectivity index (χ0) is 13.5. The molecule has 2 heterocycles. The SMILES string of the molecule is CC(C)COC[C@@H](N[C@@H]1CCCSC1)c1ccco1. The maximum Gasteiger partial charge on any atom is 0.123 e. The molecule has 1 aromatic heterocycles. The van der Waals surface area contributed by atoms with E-state index in [1.807, 2.05) is 23.9 Å². The van der Waals surface area contributed by atoms with Gasteiger partial charge in [-0.3, -0.25) is 0 Å². The molecule has 0 spiro atoms. The standard InChI is InChI=1S/C15H25NO2S/c1-12(2)9-17-10-14(15-6-3-7-18-15)16-13-5-4-8-19-11-13/h3,6-7,12-14,16H,4-5,8-11H2,1-2H3/t13-,14-/m1/s1. The van der Waals surface area contributed by atoms with Crippen LogP contribution in [-0.4, -0.2) is 30.8 Å². The van der Waals surface area contributed by atoms with Crippen LogP contribution in [0.2, 0.25) is 0 Å². The molecule has 0 aliphatic carbocycles. The minimum absolute atomic E-state index is 0.178. The first-order valence-electron chi connectivity index (χ1n) is 7.20. The molecule has 2 atom stereocenters. The van der Waals surface area contributed by atoms with Gasteiger partial charge in [-0.05, 0) is 36.6 Å². The summed E-state index contributed by atoms with van der Waals surface area (Å²) in [5.74, 6) is 4.05. The molecule has 0 saturated carbocycles. The van der Waals surface area contributed by atoms with Crippen LogP contribution in [0.5, 0.6) is 0 Å². The fourth-order valence-electron chi connectivity index (χ4n) is 2.28. The van der Waals surface area contributed by atoms with E-state index in [9.17, 15) is 0 Å². The zero-order valence-corrected chi connectivity index (χ0v) is 12.7. The van der Waals surface area contributed by atoms with E-state index in [1.165, 1.54) is 24.3 Å². The fraction of sp³-hybridized carbons (Fsp3) is 0.733. The molecule has 2 rings (SSSR count). The van der Waals surface area contributed by atoms with Crippen LogP contribution in [-0.2, 0) is 4.74 Å². The van der Waals surface area contributed by atoms with E-state index in [2.05, 4.69) is 19.2 Å². The molecular formula is C15H25NO2S. The van der Waals surface area contributed by atoms with Crippen LogP contribution in [0.1, 0.15) is 38.5 Å². The highest BCUT2D eigenvalue weighted by molar-refractivity contribution is 7.99. The minimum atomic E-state index is 0.178. The molecule has 0 amide bonds. The summed E-state index contributed by atoms with van der Waals surface area (Å²) in [5, 5.41) is 3.69. The van der Waals surface area contributed by atoms with Gasteiger partial charge in [0.2, 0.25) is 0 Å². The smallest absolute Gasteiger partial charge is 0.123 e. The summed E-state index contributed by atoms with van der Waals surface area (Å²) in [5.41, 5.74) is 0. The third kappa shape index (κ3) is 5.21. The highest BCUT2D eigenvalue weighted by Crippen LogP contribution is 2.21. The Labute approximate surface area is 120 Å². The molecule has 0 radical (unpaired) electrons. The Hall–Kier alpha value is -0.450. The lowest BCUT2D eigenvalue weighted by Crippen LogP contribution is -2.38. The molecule has 0 unspecified atom stereocenters. The number of furan rings is 1. The lowest BCUT2D eigenvalue weighted by atomic mass is 10.1. The predicted molar refractivity (Wildman–Crippen MR) is 80.6 cm³/mol. The second kappa shape index (κ2) is 7.98. The van der Waals surface area contributed by atoms with Gasteiger partial charge in [-0.2, -0.15) is 11.8 Å². The van der Waals surface area contributed by atoms with Crippen molar-refractivity contribution in [1.29, 1.82) is 0 Å². The maximum atomic E-state index is 5.79. The van der Waals surface area contributed by atoms with E-state index >= 15 is 0 Å². The first-order chi connectivity index (χ1) is 9.25. The van der Waals surface area contributed by atoms with Crippen LogP contribution in [0.3, 0.4) is 0 Å². The number of thioether (sulfide) groups is 1. The molecule has 3 nitrogen and oxygen atoms in total. The van der Waals surface area contributed by atoms with Gasteiger partial charge in [0.15, 0.2) is 0 Å². The van der Waals surface area contributed by atoms with Crippen LogP contribution in [0, 0.1) is 5.92 Å². The van der Waals surface area contributed by atoms with Crippen LogP contribution in [0.15, 0.2) is 22.8 Å². The molecule has 0 bridgehead atoms. The zero-order valence-electron chi connectivity index (χ0n) is 11.9. The predicted octanol–water partition coefficient (Wildman–Crippen LogP) is 3.48. The van der Waals surface area contributed by atoms with E-state index in [0.717, 1.165) is 12.4 Å². The summed E-state index contributed by atoms with van der Waals surface area (Å²) in [6.45, 7) is 5.84. The average Bonchev–Trinajstić information content (AvgIpc) is 2.92. The molecule has 4 heteroatoms. The van der Waals surface area contributed by atoms with Gasteiger partial charge in [-0.1, -0.05) is 13.8 Å². The molecule has 19 heavy (non-hydrogen) atoms. The molecule has 0 aromatic carbocycles. The van der Waals surface area contributed by atoms with E-state index in [-0.39, 0.29) is 6.04 Å². The Balaban J connectivity index is 1.86. The van der Waals surface area contributed by atoms with E-state index in [0.29, 0.717) is 18.6 Å². The van der Waals surface area contributed by atoms with Crippen LogP contribution in [0.4, 0.5) is 0 Å². The molecule has 108 valence electrons. The van der Waals surface area contributed by atoms with Gasteiger partial charge in [0.05, 0.1) is 18.9 Å². The number of nitrogens with one attached hydrogen (secondary N) is 1. The summed E-state index contributed by atoms with van der Waals surface area (Å²) in [6, 6.07) is 4.74. The summed E-state index contributed by atoms with van der Waals surface area (Å²) in [4.78, 5) is 0. The number of rotatable bonds is 7. The van der Waals surface area contributed by atoms with Gasteiger partial charge >= 0.3 is 0 Å². The Morgan fingerprint density at radius 1 is 1.47 bits per heavy atom. The van der Waals surface area contributed by atoms with Crippen molar-refractivity contribution in [2.45, 2.75) is 38.8 Å². The number of ether oxygens (including phenoxy) is 1. The first kappa shape index (κ1) is 14.9. The molecule has 1 aliphatic heterocycles. The topological polar surface area (TPSA) is 34.4 Å². The second-order valence-electron chi connectivity index (χ2n) is 5.58. The Kier molecular flexibility index (Phi) is 6.28. The van der Waals surface area contributed by atoms with Crippen molar-refractivity contribution in [2.75, 3.05) is 24.7 Å². The lowest BCUT2D eigenvalue weighted by molar-refractivity contribution is 0.0818. The van der Waals surface area contributed by atoms with Crippen molar-refractivity contribution in [3.8, 4) is 0 Å². The van der Waals surface area contributed by atoms with Crippen LogP contribution in [0.25, 0.3) is 0 Å². The summed E-state index contributed by atoms with van der Waals surface area (Å²) in [6.07, 6.45) is 4.30. The molecule has 1 saturated heterocycles. The van der Waals surface area contributed by atoms with Gasteiger partial charge in [0.1, 0.15) is 5.76 Å². The third-order valence-corrected chi connectivity index (χ3v) is 4.43. The van der Waals surface area contributed by atoms with Crippen molar-refractivity contribution < 1.29 is 9.15 Å². The molecule has 1 aromatic rings. The minimum Gasteiger partial charge on any atom is -0.468 e. The van der Waals surface area contributed by atoms with E-state index < -0.39 is 0 Å². The highest BCUT2D eigenvalue weighted by atomic mass is 32.2. The van der Waals surface area contributed by atoms with Gasteiger partial charge < -0.3 is 14.5 Å². The van der Waals surface area contributed by atoms with Crippen molar-refractivity contribution >= 4 is 11.8 Å². The fourth-order valence-corrected chi connectivity index (χ4v) is 3.37. The highest BCUT2D eigenvalue weighted by Gasteiger charge is 2.21.